The lowest BCUT2D eigenvalue weighted by Crippen LogP contribution is -1.95. The zero-order valence-electron chi connectivity index (χ0n) is 9.61. The van der Waals surface area contributed by atoms with Crippen molar-refractivity contribution in [3.63, 3.8) is 0 Å². The van der Waals surface area contributed by atoms with Gasteiger partial charge in [-0.3, -0.25) is 4.79 Å². The summed E-state index contributed by atoms with van der Waals surface area (Å²) in [6, 6.07) is 8.07. The summed E-state index contributed by atoms with van der Waals surface area (Å²) in [5.41, 5.74) is 0.414. The van der Waals surface area contributed by atoms with E-state index in [1.807, 2.05) is 0 Å². The quantitative estimate of drug-likeness (QED) is 0.770. The molecule has 2 nitrogen and oxygen atoms in total. The summed E-state index contributed by atoms with van der Waals surface area (Å²) in [6.45, 7) is 1.66. The lowest BCUT2D eigenvalue weighted by atomic mass is 10.2. The molecule has 0 bridgehead atoms. The van der Waals surface area contributed by atoms with E-state index in [1.54, 1.807) is 6.92 Å². The van der Waals surface area contributed by atoms with Crippen molar-refractivity contribution in [1.29, 1.82) is 0 Å². The number of carbonyl (C=O) groups is 1. The Kier molecular flexibility index (Phi) is 3.37. The summed E-state index contributed by atoms with van der Waals surface area (Å²) in [4.78, 5) is 10.8. The fourth-order valence-corrected chi connectivity index (χ4v) is 1.57. The highest BCUT2D eigenvalue weighted by molar-refractivity contribution is 5.79. The Morgan fingerprint density at radius 2 is 1.89 bits per heavy atom. The van der Waals surface area contributed by atoms with E-state index in [-0.39, 0.29) is 17.1 Å². The van der Waals surface area contributed by atoms with E-state index < -0.39 is 5.82 Å². The Labute approximate surface area is 103 Å². The maximum atomic E-state index is 13.3. The van der Waals surface area contributed by atoms with Crippen molar-refractivity contribution >= 4 is 6.29 Å². The van der Waals surface area contributed by atoms with E-state index in [0.29, 0.717) is 17.6 Å². The summed E-state index contributed by atoms with van der Waals surface area (Å²) >= 11 is 0. The Hall–Kier alpha value is -2.23. The molecule has 0 aliphatic heterocycles. The van der Waals surface area contributed by atoms with Gasteiger partial charge in [-0.05, 0) is 42.8 Å². The van der Waals surface area contributed by atoms with Crippen molar-refractivity contribution in [2.24, 2.45) is 0 Å². The van der Waals surface area contributed by atoms with Gasteiger partial charge in [0.1, 0.15) is 23.1 Å². The molecule has 4 heteroatoms. The van der Waals surface area contributed by atoms with Gasteiger partial charge in [-0.1, -0.05) is 6.07 Å². The van der Waals surface area contributed by atoms with Gasteiger partial charge in [0.2, 0.25) is 0 Å². The Balaban J connectivity index is 2.40. The van der Waals surface area contributed by atoms with Crippen LogP contribution in [0.15, 0.2) is 36.4 Å². The average molecular weight is 248 g/mol. The standard InChI is InChI=1S/C14H10F2O2/c1-9-7-10(15)5-6-13(9)18-14-4-2-3-12(16)11(14)8-17/h2-8H,1H3. The fourth-order valence-electron chi connectivity index (χ4n) is 1.57. The van der Waals surface area contributed by atoms with Crippen molar-refractivity contribution in [3.05, 3.63) is 59.2 Å². The molecular weight excluding hydrogens is 238 g/mol. The number of aldehydes is 1. The van der Waals surface area contributed by atoms with E-state index >= 15 is 0 Å². The summed E-state index contributed by atoms with van der Waals surface area (Å²) in [5, 5.41) is 0. The first-order valence-electron chi connectivity index (χ1n) is 5.29. The zero-order chi connectivity index (χ0) is 13.1. The summed E-state index contributed by atoms with van der Waals surface area (Å²) in [7, 11) is 0. The molecule has 2 aromatic rings. The number of rotatable bonds is 3. The predicted molar refractivity (Wildman–Crippen MR) is 63.0 cm³/mol. The Morgan fingerprint density at radius 3 is 2.56 bits per heavy atom. The van der Waals surface area contributed by atoms with Crippen molar-refractivity contribution in [2.45, 2.75) is 6.92 Å². The predicted octanol–water partition coefficient (Wildman–Crippen LogP) is 3.88. The van der Waals surface area contributed by atoms with Crippen molar-refractivity contribution in [2.75, 3.05) is 0 Å². The molecule has 0 saturated carbocycles. The van der Waals surface area contributed by atoms with Gasteiger partial charge >= 0.3 is 0 Å². The molecule has 0 saturated heterocycles. The smallest absolute Gasteiger partial charge is 0.156 e. The van der Waals surface area contributed by atoms with Gasteiger partial charge in [0, 0.05) is 0 Å². The van der Waals surface area contributed by atoms with Crippen LogP contribution in [-0.4, -0.2) is 6.29 Å². The summed E-state index contributed by atoms with van der Waals surface area (Å²) < 4.78 is 31.7. The van der Waals surface area contributed by atoms with Crippen LogP contribution in [-0.2, 0) is 0 Å². The van der Waals surface area contributed by atoms with Gasteiger partial charge in [0.25, 0.3) is 0 Å². The Morgan fingerprint density at radius 1 is 1.11 bits per heavy atom. The number of aryl methyl sites for hydroxylation is 1. The van der Waals surface area contributed by atoms with Crippen molar-refractivity contribution < 1.29 is 18.3 Å². The third-order valence-electron chi connectivity index (χ3n) is 2.49. The topological polar surface area (TPSA) is 26.3 Å². The third kappa shape index (κ3) is 2.37. The molecule has 0 aliphatic carbocycles. The van der Waals surface area contributed by atoms with E-state index in [1.165, 1.54) is 36.4 Å². The van der Waals surface area contributed by atoms with Crippen molar-refractivity contribution in [3.8, 4) is 11.5 Å². The van der Waals surface area contributed by atoms with E-state index in [2.05, 4.69) is 0 Å². The van der Waals surface area contributed by atoms with Crippen LogP contribution >= 0.6 is 0 Å². The molecule has 18 heavy (non-hydrogen) atoms. The minimum Gasteiger partial charge on any atom is -0.456 e. The molecule has 0 N–H and O–H groups in total. The van der Waals surface area contributed by atoms with Gasteiger partial charge in [0.15, 0.2) is 6.29 Å². The van der Waals surface area contributed by atoms with Crippen LogP contribution in [0.25, 0.3) is 0 Å². The SMILES string of the molecule is Cc1cc(F)ccc1Oc1cccc(F)c1C=O. The molecule has 0 amide bonds. The minimum atomic E-state index is -0.651. The first-order chi connectivity index (χ1) is 8.61. The second-order valence-corrected chi connectivity index (χ2v) is 3.78. The number of hydrogen-bond acceptors (Lipinski definition) is 2. The first kappa shape index (κ1) is 12.2. The molecule has 0 unspecified atom stereocenters. The normalized spacial score (nSPS) is 10.2. The minimum absolute atomic E-state index is 0.111. The first-order valence-corrected chi connectivity index (χ1v) is 5.29. The molecule has 0 atom stereocenters. The highest BCUT2D eigenvalue weighted by Gasteiger charge is 2.10. The highest BCUT2D eigenvalue weighted by atomic mass is 19.1. The van der Waals surface area contributed by atoms with Crippen LogP contribution in [0.5, 0.6) is 11.5 Å². The van der Waals surface area contributed by atoms with Gasteiger partial charge < -0.3 is 4.74 Å². The third-order valence-corrected chi connectivity index (χ3v) is 2.49. The van der Waals surface area contributed by atoms with Crippen LogP contribution in [0.3, 0.4) is 0 Å². The van der Waals surface area contributed by atoms with Crippen LogP contribution in [0.4, 0.5) is 8.78 Å². The number of hydrogen-bond donors (Lipinski definition) is 0. The molecular formula is C14H10F2O2. The van der Waals surface area contributed by atoms with Crippen molar-refractivity contribution in [1.82, 2.24) is 0 Å². The molecule has 0 fully saturated rings. The molecule has 92 valence electrons. The second kappa shape index (κ2) is 4.96. The number of carbonyl (C=O) groups excluding carboxylic acids is 1. The molecule has 0 radical (unpaired) electrons. The highest BCUT2D eigenvalue weighted by Crippen LogP contribution is 2.28. The van der Waals surface area contributed by atoms with Crippen LogP contribution in [0.2, 0.25) is 0 Å². The molecule has 2 rings (SSSR count). The number of halogens is 2. The fraction of sp³-hybridized carbons (Fsp3) is 0.0714. The van der Waals surface area contributed by atoms with E-state index in [9.17, 15) is 13.6 Å². The monoisotopic (exact) mass is 248 g/mol. The van der Waals surface area contributed by atoms with Crippen LogP contribution in [0.1, 0.15) is 15.9 Å². The number of benzene rings is 2. The average Bonchev–Trinajstić information content (AvgIpc) is 2.33. The zero-order valence-corrected chi connectivity index (χ0v) is 9.61. The largest absolute Gasteiger partial charge is 0.456 e. The van der Waals surface area contributed by atoms with Gasteiger partial charge in [-0.15, -0.1) is 0 Å². The van der Waals surface area contributed by atoms with Crippen LogP contribution < -0.4 is 4.74 Å². The maximum absolute atomic E-state index is 13.3. The second-order valence-electron chi connectivity index (χ2n) is 3.78. The maximum Gasteiger partial charge on any atom is 0.156 e. The van der Waals surface area contributed by atoms with E-state index in [0.717, 1.165) is 0 Å². The van der Waals surface area contributed by atoms with Gasteiger partial charge in [-0.25, -0.2) is 8.78 Å². The lowest BCUT2D eigenvalue weighted by Gasteiger charge is -2.10. The van der Waals surface area contributed by atoms with Gasteiger partial charge in [0.05, 0.1) is 5.56 Å². The van der Waals surface area contributed by atoms with Crippen LogP contribution in [0, 0.1) is 18.6 Å². The van der Waals surface area contributed by atoms with Gasteiger partial charge in [-0.2, -0.15) is 0 Å². The molecule has 0 aromatic heterocycles. The molecule has 0 heterocycles. The van der Waals surface area contributed by atoms with E-state index in [4.69, 9.17) is 4.74 Å². The molecule has 0 aliphatic rings. The molecule has 0 spiro atoms. The lowest BCUT2D eigenvalue weighted by molar-refractivity contribution is 0.111. The summed E-state index contributed by atoms with van der Waals surface area (Å²) in [6.07, 6.45) is 0.392. The molecule has 2 aromatic carbocycles. The summed E-state index contributed by atoms with van der Waals surface area (Å²) in [5.74, 6) is -0.540. The number of ether oxygens (including phenoxy) is 1. The Bertz CT molecular complexity index is 594.